The summed E-state index contributed by atoms with van der Waals surface area (Å²) in [4.78, 5) is 16.7. The first kappa shape index (κ1) is 14.1. The maximum absolute atomic E-state index is 12.0. The van der Waals surface area contributed by atoms with Gasteiger partial charge in [0, 0.05) is 7.05 Å². The highest BCUT2D eigenvalue weighted by Crippen LogP contribution is 2.63. The number of hydrogen-bond acceptors (Lipinski definition) is 9. The van der Waals surface area contributed by atoms with Crippen LogP contribution < -0.4 is 14.8 Å². The topological polar surface area (TPSA) is 110 Å². The lowest BCUT2D eigenvalue weighted by molar-refractivity contribution is -0.127. The minimum atomic E-state index is -0.482. The Balaban J connectivity index is 1.44. The predicted molar refractivity (Wildman–Crippen MR) is 83.8 cm³/mol. The standard InChI is InChI=1S/C16H8N4O4S/c1-18-10-7(6-17)20-25-8(10)2-3-9-19-14-15(22-9)24-13-11(23-14)12(21)16(13)4-5-16/h18H,4-5H2,1H3. The molecule has 1 saturated carbocycles. The van der Waals surface area contributed by atoms with E-state index in [2.05, 4.69) is 26.5 Å². The maximum Gasteiger partial charge on any atom is 0.358 e. The zero-order valence-electron chi connectivity index (χ0n) is 12.8. The number of anilines is 1. The van der Waals surface area contributed by atoms with Gasteiger partial charge in [-0.3, -0.25) is 4.79 Å². The molecule has 2 aromatic heterocycles. The molecule has 3 heterocycles. The van der Waals surface area contributed by atoms with Gasteiger partial charge in [-0.1, -0.05) is 0 Å². The van der Waals surface area contributed by atoms with Gasteiger partial charge in [-0.05, 0) is 36.2 Å². The van der Waals surface area contributed by atoms with Crippen LogP contribution in [0.1, 0.15) is 29.3 Å². The molecule has 0 unspecified atom stereocenters. The number of Topliss-reactive ketones (excluding diaryl/α,β-unsaturated/α-hetero) is 1. The summed E-state index contributed by atoms with van der Waals surface area (Å²) in [7, 11) is 1.69. The normalized spacial score (nSPS) is 18.0. The van der Waals surface area contributed by atoms with Crippen molar-refractivity contribution in [1.29, 1.82) is 5.26 Å². The summed E-state index contributed by atoms with van der Waals surface area (Å²) in [6.07, 6.45) is 1.56. The molecular formula is C16H8N4O4S. The minimum Gasteiger partial charge on any atom is -0.426 e. The number of nitrogens with one attached hydrogen (secondary N) is 1. The Labute approximate surface area is 145 Å². The zero-order chi connectivity index (χ0) is 17.2. The second-order valence-electron chi connectivity index (χ2n) is 5.73. The molecule has 5 rings (SSSR count). The van der Waals surface area contributed by atoms with Crippen molar-refractivity contribution in [2.75, 3.05) is 12.4 Å². The Morgan fingerprint density at radius 2 is 2.16 bits per heavy atom. The van der Waals surface area contributed by atoms with E-state index >= 15 is 0 Å². The molecule has 0 bridgehead atoms. The van der Waals surface area contributed by atoms with E-state index in [1.54, 1.807) is 7.05 Å². The smallest absolute Gasteiger partial charge is 0.358 e. The number of nitriles is 1. The van der Waals surface area contributed by atoms with Crippen molar-refractivity contribution in [3.05, 3.63) is 28.0 Å². The van der Waals surface area contributed by atoms with Crippen molar-refractivity contribution >= 4 is 23.0 Å². The van der Waals surface area contributed by atoms with E-state index < -0.39 is 5.41 Å². The Morgan fingerprint density at radius 1 is 1.32 bits per heavy atom. The Kier molecular flexibility index (Phi) is 2.60. The van der Waals surface area contributed by atoms with Crippen LogP contribution in [0.2, 0.25) is 0 Å². The van der Waals surface area contributed by atoms with Crippen LogP contribution in [0.4, 0.5) is 5.69 Å². The summed E-state index contributed by atoms with van der Waals surface area (Å²) < 4.78 is 20.6. The van der Waals surface area contributed by atoms with Gasteiger partial charge >= 0.3 is 11.8 Å². The molecule has 0 aromatic carbocycles. The Hall–Kier alpha value is -3.30. The molecule has 122 valence electrons. The van der Waals surface area contributed by atoms with Crippen LogP contribution in [0.15, 0.2) is 15.9 Å². The van der Waals surface area contributed by atoms with Crippen LogP contribution in [0.5, 0.6) is 11.8 Å². The lowest BCUT2D eigenvalue weighted by Gasteiger charge is -2.31. The van der Waals surface area contributed by atoms with Crippen molar-refractivity contribution in [3.63, 3.8) is 0 Å². The molecular weight excluding hydrogens is 344 g/mol. The van der Waals surface area contributed by atoms with Gasteiger partial charge in [0.1, 0.15) is 10.9 Å². The number of fused-ring (bicyclic) bond motifs is 2. The number of ketones is 1. The fourth-order valence-corrected chi connectivity index (χ4v) is 3.55. The second-order valence-corrected chi connectivity index (χ2v) is 6.51. The molecule has 1 N–H and O–H groups in total. The third-order valence-electron chi connectivity index (χ3n) is 4.32. The van der Waals surface area contributed by atoms with Crippen molar-refractivity contribution in [2.24, 2.45) is 5.41 Å². The first-order valence-electron chi connectivity index (χ1n) is 7.42. The summed E-state index contributed by atoms with van der Waals surface area (Å²) >= 11 is 1.11. The number of hydrogen-bond donors (Lipinski definition) is 1. The lowest BCUT2D eigenvalue weighted by Crippen LogP contribution is -2.40. The number of nitrogens with zero attached hydrogens (tertiary/aromatic N) is 3. The molecule has 1 fully saturated rings. The van der Waals surface area contributed by atoms with Gasteiger partial charge in [0.25, 0.3) is 5.89 Å². The fourth-order valence-electron chi connectivity index (χ4n) is 2.85. The van der Waals surface area contributed by atoms with Crippen LogP contribution in [0.3, 0.4) is 0 Å². The highest BCUT2D eigenvalue weighted by atomic mass is 32.1. The van der Waals surface area contributed by atoms with Crippen LogP contribution >= 0.6 is 11.5 Å². The van der Waals surface area contributed by atoms with Crippen molar-refractivity contribution in [1.82, 2.24) is 9.36 Å². The summed E-state index contributed by atoms with van der Waals surface area (Å²) in [6, 6.07) is 1.99. The number of aromatic nitrogens is 2. The average Bonchev–Trinajstić information content (AvgIpc) is 3.23. The molecule has 1 spiro atoms. The highest BCUT2D eigenvalue weighted by molar-refractivity contribution is 7.07. The molecule has 0 atom stereocenters. The van der Waals surface area contributed by atoms with E-state index in [4.69, 9.17) is 19.2 Å². The third-order valence-corrected chi connectivity index (χ3v) is 5.09. The highest BCUT2D eigenvalue weighted by Gasteiger charge is 2.67. The van der Waals surface area contributed by atoms with Gasteiger partial charge in [0.2, 0.25) is 11.5 Å². The first-order valence-corrected chi connectivity index (χ1v) is 8.19. The number of oxazole rings is 1. The fraction of sp³-hybridized carbons (Fsp3) is 0.250. The predicted octanol–water partition coefficient (Wildman–Crippen LogP) is 1.79. The van der Waals surface area contributed by atoms with E-state index in [1.807, 2.05) is 6.07 Å². The summed E-state index contributed by atoms with van der Waals surface area (Å²) in [5, 5.41) is 11.9. The third kappa shape index (κ3) is 1.78. The van der Waals surface area contributed by atoms with Gasteiger partial charge in [0.05, 0.1) is 11.1 Å². The van der Waals surface area contributed by atoms with Crippen LogP contribution in [0, 0.1) is 28.6 Å². The molecule has 0 amide bonds. The van der Waals surface area contributed by atoms with Crippen LogP contribution in [-0.4, -0.2) is 22.2 Å². The number of carbonyl (C=O) groups excluding carboxylic acids is 1. The van der Waals surface area contributed by atoms with E-state index in [0.717, 1.165) is 24.4 Å². The number of carbonyl (C=O) groups is 1. The quantitative estimate of drug-likeness (QED) is 0.774. The lowest BCUT2D eigenvalue weighted by atomic mass is 9.84. The zero-order valence-corrected chi connectivity index (χ0v) is 13.6. The van der Waals surface area contributed by atoms with Crippen LogP contribution in [-0.2, 0) is 4.79 Å². The summed E-state index contributed by atoms with van der Waals surface area (Å²) in [6.45, 7) is 0. The Morgan fingerprint density at radius 3 is 2.88 bits per heavy atom. The van der Waals surface area contributed by atoms with Crippen molar-refractivity contribution in [2.45, 2.75) is 12.8 Å². The minimum absolute atomic E-state index is 0.0314. The van der Waals surface area contributed by atoms with Gasteiger partial charge < -0.3 is 19.2 Å². The van der Waals surface area contributed by atoms with E-state index in [-0.39, 0.29) is 35.0 Å². The first-order chi connectivity index (χ1) is 12.2. The molecule has 2 aromatic rings. The second kappa shape index (κ2) is 4.62. The summed E-state index contributed by atoms with van der Waals surface area (Å²) in [5.41, 5.74) is 0.367. The number of allylic oxidation sites excluding steroid dienone is 2. The monoisotopic (exact) mass is 352 g/mol. The molecule has 8 nitrogen and oxygen atoms in total. The van der Waals surface area contributed by atoms with Crippen molar-refractivity contribution < 1.29 is 18.7 Å². The SMILES string of the molecule is CNc1c(C#N)nsc1C#Cc1nc2c(o1)OC1=C(O2)C(=O)C12CC2. The molecule has 3 aliphatic rings. The summed E-state index contributed by atoms with van der Waals surface area (Å²) in [5.74, 6) is 6.66. The van der Waals surface area contributed by atoms with Gasteiger partial charge in [-0.15, -0.1) is 0 Å². The maximum atomic E-state index is 12.0. The van der Waals surface area contributed by atoms with Crippen molar-refractivity contribution in [3.8, 4) is 29.7 Å². The average molecular weight is 352 g/mol. The molecule has 0 saturated heterocycles. The molecule has 1 aliphatic heterocycles. The molecule has 0 radical (unpaired) electrons. The van der Waals surface area contributed by atoms with Gasteiger partial charge in [-0.25, -0.2) is 0 Å². The van der Waals surface area contributed by atoms with E-state index in [1.165, 1.54) is 0 Å². The molecule has 2 aliphatic carbocycles. The molecule has 9 heteroatoms. The number of ether oxygens (including phenoxy) is 2. The van der Waals surface area contributed by atoms with E-state index in [9.17, 15) is 4.79 Å². The Bertz CT molecular complexity index is 1090. The van der Waals surface area contributed by atoms with Gasteiger partial charge in [0.15, 0.2) is 11.5 Å². The van der Waals surface area contributed by atoms with Gasteiger partial charge in [-0.2, -0.15) is 14.6 Å². The number of rotatable bonds is 1. The largest absolute Gasteiger partial charge is 0.426 e. The molecule has 25 heavy (non-hydrogen) atoms. The van der Waals surface area contributed by atoms with Crippen LogP contribution in [0.25, 0.3) is 0 Å². The van der Waals surface area contributed by atoms with E-state index in [0.29, 0.717) is 16.3 Å².